The molecule has 40 heavy (non-hydrogen) atoms. The van der Waals surface area contributed by atoms with Crippen LogP contribution in [-0.4, -0.2) is 78.4 Å². The molecule has 1 heterocycles. The molecule has 0 aliphatic heterocycles. The van der Waals surface area contributed by atoms with Crippen LogP contribution < -0.4 is 15.4 Å². The van der Waals surface area contributed by atoms with E-state index in [1.165, 1.54) is 0 Å². The molecule has 16 heteroatoms. The summed E-state index contributed by atoms with van der Waals surface area (Å²) < 4.78 is 7.26. The van der Waals surface area contributed by atoms with E-state index in [-0.39, 0.29) is 38.0 Å². The number of benzene rings is 1. The molecule has 1 fully saturated rings. The van der Waals surface area contributed by atoms with Crippen LogP contribution in [0.5, 0.6) is 0 Å². The van der Waals surface area contributed by atoms with Crippen molar-refractivity contribution in [2.45, 2.75) is 56.3 Å². The first-order valence-corrected chi connectivity index (χ1v) is 13.5. The van der Waals surface area contributed by atoms with Crippen LogP contribution in [0.1, 0.15) is 45.1 Å². The first-order chi connectivity index (χ1) is 17.7. The third-order valence-electron chi connectivity index (χ3n) is 5.48. The van der Waals surface area contributed by atoms with Gasteiger partial charge in [0, 0.05) is 50.6 Å². The van der Waals surface area contributed by atoms with Crippen LogP contribution in [0.15, 0.2) is 41.6 Å². The Labute approximate surface area is 257 Å². The van der Waals surface area contributed by atoms with Crippen molar-refractivity contribution < 1.29 is 61.6 Å². The number of nitrogens with zero attached hydrogens (tertiary/aromatic N) is 2. The Morgan fingerprint density at radius 3 is 2.10 bits per heavy atom. The van der Waals surface area contributed by atoms with Gasteiger partial charge in [0.15, 0.2) is 0 Å². The molecule has 13 nitrogen and oxygen atoms in total. The molecular formula is C24H39N5O8S2W. The first-order valence-electron chi connectivity index (χ1n) is 11.8. The number of aromatic nitrogens is 2. The topological polar surface area (TPSA) is 221 Å². The van der Waals surface area contributed by atoms with E-state index in [1.807, 2.05) is 25.5 Å². The molecule has 3 rings (SSSR count). The van der Waals surface area contributed by atoms with Gasteiger partial charge in [-0.3, -0.25) is 0 Å². The zero-order valence-corrected chi connectivity index (χ0v) is 27.3. The van der Waals surface area contributed by atoms with Crippen LogP contribution in [0.4, 0.5) is 16.4 Å². The van der Waals surface area contributed by atoms with Crippen molar-refractivity contribution in [3.63, 3.8) is 0 Å². The van der Waals surface area contributed by atoms with Crippen molar-refractivity contribution in [1.29, 1.82) is 0 Å². The molecule has 1 aliphatic carbocycles. The predicted octanol–water partition coefficient (Wildman–Crippen LogP) is 1.07. The van der Waals surface area contributed by atoms with Crippen molar-refractivity contribution in [3.05, 3.63) is 42.2 Å². The maximum atomic E-state index is 11.8. The molecule has 0 saturated heterocycles. The standard InChI is InChI=1S/C23H33N5O7S.CH4S.H2O.W/c1-21(2,3)13-26-20(29)35-12-14-8-15(9-14)16-10-24-19(25-11-16)27-17-4-6-18(7-5-17)36-28-22(30,31)23(32,33)34;1-2;;/h4-7,10-11,14-15,28,30-34H,8-9,12-13H2,1-3H3,(H,26,29)(H,24,25,27);2H,1H3;1H2;. The summed E-state index contributed by atoms with van der Waals surface area (Å²) in [4.78, 5) is 21.0. The predicted molar refractivity (Wildman–Crippen MR) is 150 cm³/mol. The summed E-state index contributed by atoms with van der Waals surface area (Å²) in [5.41, 5.74) is 1.71. The van der Waals surface area contributed by atoms with E-state index in [9.17, 15) is 15.0 Å². The van der Waals surface area contributed by atoms with Gasteiger partial charge >= 0.3 is 18.0 Å². The Bertz CT molecular complexity index is 1020. The summed E-state index contributed by atoms with van der Waals surface area (Å²) in [5.74, 6) is -6.01. The molecule has 2 aromatic rings. The normalized spacial score (nSPS) is 16.6. The van der Waals surface area contributed by atoms with E-state index in [0.717, 1.165) is 18.4 Å². The van der Waals surface area contributed by atoms with Gasteiger partial charge in [0.2, 0.25) is 5.95 Å². The van der Waals surface area contributed by atoms with Crippen LogP contribution in [0.2, 0.25) is 0 Å². The molecule has 1 aromatic carbocycles. The number of hydrogen-bond donors (Lipinski definition) is 9. The van der Waals surface area contributed by atoms with E-state index < -0.39 is 11.9 Å². The van der Waals surface area contributed by atoms with Gasteiger partial charge in [0.25, 0.3) is 0 Å². The number of ether oxygens (including phenoxy) is 1. The van der Waals surface area contributed by atoms with Gasteiger partial charge in [-0.15, -0.1) is 0 Å². The van der Waals surface area contributed by atoms with E-state index in [1.54, 1.807) is 42.9 Å². The molecule has 10 N–H and O–H groups in total. The maximum absolute atomic E-state index is 11.8. The van der Waals surface area contributed by atoms with Gasteiger partial charge in [-0.1, -0.05) is 20.8 Å². The fourth-order valence-corrected chi connectivity index (χ4v) is 3.94. The number of alkyl carbamates (subject to hydrolysis) is 1. The Morgan fingerprint density at radius 1 is 1.05 bits per heavy atom. The molecule has 1 amide bonds. The summed E-state index contributed by atoms with van der Waals surface area (Å²) in [5, 5.41) is 51.3. The average molecular weight is 774 g/mol. The number of anilines is 2. The number of aliphatic hydroxyl groups is 5. The van der Waals surface area contributed by atoms with Crippen LogP contribution in [0, 0.1) is 11.3 Å². The molecule has 226 valence electrons. The van der Waals surface area contributed by atoms with E-state index >= 15 is 0 Å². The fraction of sp³-hybridized carbons (Fsp3) is 0.542. The number of amides is 1. The molecular weight excluding hydrogens is 734 g/mol. The van der Waals surface area contributed by atoms with Crippen molar-refractivity contribution >= 4 is 42.3 Å². The van der Waals surface area contributed by atoms with Crippen LogP contribution >= 0.6 is 24.6 Å². The van der Waals surface area contributed by atoms with Crippen molar-refractivity contribution in [3.8, 4) is 0 Å². The third-order valence-corrected chi connectivity index (χ3v) is 6.38. The van der Waals surface area contributed by atoms with Gasteiger partial charge in [-0.05, 0) is 78.1 Å². The van der Waals surface area contributed by atoms with Crippen molar-refractivity contribution in [1.82, 2.24) is 20.0 Å². The van der Waals surface area contributed by atoms with Gasteiger partial charge in [-0.2, -0.15) is 17.4 Å². The summed E-state index contributed by atoms with van der Waals surface area (Å²) in [6.07, 6.45) is 6.67. The molecule has 1 aliphatic rings. The minimum atomic E-state index is -3.73. The maximum Gasteiger partial charge on any atom is 0.407 e. The molecule has 1 saturated carbocycles. The molecule has 0 bridgehead atoms. The summed E-state index contributed by atoms with van der Waals surface area (Å²) in [7, 11) is 0. The zero-order chi connectivity index (χ0) is 28.6. The molecule has 0 spiro atoms. The Morgan fingerprint density at radius 2 is 1.60 bits per heavy atom. The molecule has 0 atom stereocenters. The molecule has 0 radical (unpaired) electrons. The van der Waals surface area contributed by atoms with Crippen molar-refractivity contribution in [2.75, 3.05) is 24.7 Å². The number of carbonyl (C=O) groups excluding carboxylic acids is 1. The van der Waals surface area contributed by atoms with E-state index in [0.29, 0.717) is 53.5 Å². The minimum absolute atomic E-state index is 0. The summed E-state index contributed by atoms with van der Waals surface area (Å²) in [6, 6.07) is 6.63. The van der Waals surface area contributed by atoms with E-state index in [2.05, 4.69) is 33.2 Å². The number of nitrogens with one attached hydrogen (secondary N) is 3. The van der Waals surface area contributed by atoms with Crippen molar-refractivity contribution in [2.24, 2.45) is 11.3 Å². The monoisotopic (exact) mass is 773 g/mol. The summed E-state index contributed by atoms with van der Waals surface area (Å²) in [6.45, 7) is 7.09. The quantitative estimate of drug-likeness (QED) is 0.0941. The van der Waals surface area contributed by atoms with Gasteiger partial charge in [0.05, 0.1) is 6.61 Å². The number of carbonyl (C=O) groups is 1. The number of hydrogen-bond acceptors (Lipinski definition) is 13. The fourth-order valence-electron chi connectivity index (χ4n) is 3.27. The van der Waals surface area contributed by atoms with Crippen LogP contribution in [0.3, 0.4) is 0 Å². The summed E-state index contributed by atoms with van der Waals surface area (Å²) >= 11 is 4.20. The first kappa shape index (κ1) is 38.5. The van der Waals surface area contributed by atoms with Gasteiger partial charge in [-0.25, -0.2) is 14.8 Å². The largest absolute Gasteiger partial charge is 0.449 e. The number of thiol groups is 1. The van der Waals surface area contributed by atoms with Crippen LogP contribution in [0.25, 0.3) is 0 Å². The SMILES string of the molecule is CC(C)(C)CNC(=O)OCC1CC(c2cnc(Nc3ccc(SNC(O)(O)C(O)(O)O)cc3)nc2)C1.CS.O.[W]. The second-order valence-corrected chi connectivity index (χ2v) is 10.9. The Hall–Kier alpha value is -1.52. The van der Waals surface area contributed by atoms with E-state index in [4.69, 9.17) is 20.1 Å². The molecule has 0 unspecified atom stereocenters. The van der Waals surface area contributed by atoms with Gasteiger partial charge in [0.1, 0.15) is 0 Å². The second-order valence-electron chi connectivity index (χ2n) is 10.0. The average Bonchev–Trinajstić information content (AvgIpc) is 2.82. The smallest absolute Gasteiger partial charge is 0.407 e. The Kier molecular flexibility index (Phi) is 16.2. The molecule has 1 aromatic heterocycles. The Balaban J connectivity index is 0.00000372. The zero-order valence-electron chi connectivity index (χ0n) is 22.7. The minimum Gasteiger partial charge on any atom is -0.449 e. The van der Waals surface area contributed by atoms with Gasteiger partial charge < -0.3 is 46.4 Å². The van der Waals surface area contributed by atoms with Crippen LogP contribution in [-0.2, 0) is 25.8 Å². The third kappa shape index (κ3) is 12.6. The second kappa shape index (κ2) is 16.8. The number of rotatable bonds is 10.